The van der Waals surface area contributed by atoms with Crippen molar-refractivity contribution in [2.45, 2.75) is 25.4 Å². The summed E-state index contributed by atoms with van der Waals surface area (Å²) in [5.74, 6) is 0.910. The van der Waals surface area contributed by atoms with Gasteiger partial charge in [-0.1, -0.05) is 12.1 Å². The number of piperazine rings is 1. The number of amides is 1. The van der Waals surface area contributed by atoms with Crippen molar-refractivity contribution in [3.63, 3.8) is 0 Å². The summed E-state index contributed by atoms with van der Waals surface area (Å²) in [6.07, 6.45) is 0.805. The molecular weight excluding hydrogens is 254 g/mol. The maximum absolute atomic E-state index is 12.0. The summed E-state index contributed by atoms with van der Waals surface area (Å²) in [5.41, 5.74) is 1.16. The molecule has 0 aliphatic carbocycles. The highest BCUT2D eigenvalue weighted by atomic mass is 16.5. The number of carbonyl (C=O) groups is 1. The molecule has 0 spiro atoms. The van der Waals surface area contributed by atoms with Gasteiger partial charge in [0.25, 0.3) is 0 Å². The first-order valence-corrected chi connectivity index (χ1v) is 7.06. The highest BCUT2D eigenvalue weighted by Crippen LogP contribution is 2.12. The van der Waals surface area contributed by atoms with Crippen molar-refractivity contribution in [3.8, 4) is 5.75 Å². The van der Waals surface area contributed by atoms with Crippen LogP contribution in [0.4, 0.5) is 0 Å². The third-order valence-electron chi connectivity index (χ3n) is 3.50. The second-order valence-corrected chi connectivity index (χ2v) is 5.16. The standard InChI is InChI=1S/C15H23N3O2/c1-11-9-18-14(10-17-11)15(19)16-7-6-12-4-3-5-13(8-12)20-2/h3-5,8,11,14,17-18H,6-7,9-10H2,1-2H3,(H,16,19). The Morgan fingerprint density at radius 1 is 1.40 bits per heavy atom. The van der Waals surface area contributed by atoms with Crippen molar-refractivity contribution in [1.29, 1.82) is 0 Å². The lowest BCUT2D eigenvalue weighted by atomic mass is 10.1. The average molecular weight is 277 g/mol. The monoisotopic (exact) mass is 277 g/mol. The Morgan fingerprint density at radius 2 is 2.25 bits per heavy atom. The fourth-order valence-corrected chi connectivity index (χ4v) is 2.25. The van der Waals surface area contributed by atoms with E-state index in [1.54, 1.807) is 7.11 Å². The molecule has 1 aliphatic heterocycles. The van der Waals surface area contributed by atoms with Crippen LogP contribution in [0.2, 0.25) is 0 Å². The van der Waals surface area contributed by atoms with Gasteiger partial charge in [0.05, 0.1) is 13.2 Å². The molecule has 2 unspecified atom stereocenters. The fourth-order valence-electron chi connectivity index (χ4n) is 2.25. The summed E-state index contributed by atoms with van der Waals surface area (Å²) in [4.78, 5) is 12.0. The van der Waals surface area contributed by atoms with Gasteiger partial charge in [0.1, 0.15) is 5.75 Å². The molecule has 1 heterocycles. The van der Waals surface area contributed by atoms with E-state index in [2.05, 4.69) is 22.9 Å². The van der Waals surface area contributed by atoms with Gasteiger partial charge in [0.15, 0.2) is 0 Å². The number of ether oxygens (including phenoxy) is 1. The maximum atomic E-state index is 12.0. The molecule has 1 aromatic carbocycles. The van der Waals surface area contributed by atoms with Crippen LogP contribution in [0.25, 0.3) is 0 Å². The first-order valence-electron chi connectivity index (χ1n) is 7.06. The summed E-state index contributed by atoms with van der Waals surface area (Å²) < 4.78 is 5.18. The minimum Gasteiger partial charge on any atom is -0.497 e. The van der Waals surface area contributed by atoms with Crippen molar-refractivity contribution < 1.29 is 9.53 Å². The van der Waals surface area contributed by atoms with Crippen LogP contribution in [0.1, 0.15) is 12.5 Å². The first-order chi connectivity index (χ1) is 9.69. The summed E-state index contributed by atoms with van der Waals surface area (Å²) in [7, 11) is 1.66. The van der Waals surface area contributed by atoms with Crippen LogP contribution in [0.3, 0.4) is 0 Å². The van der Waals surface area contributed by atoms with Gasteiger partial charge >= 0.3 is 0 Å². The Hall–Kier alpha value is -1.59. The minimum atomic E-state index is -0.128. The molecule has 5 heteroatoms. The highest BCUT2D eigenvalue weighted by Gasteiger charge is 2.22. The van der Waals surface area contributed by atoms with E-state index in [-0.39, 0.29) is 11.9 Å². The zero-order valence-corrected chi connectivity index (χ0v) is 12.1. The Bertz CT molecular complexity index is 442. The van der Waals surface area contributed by atoms with Gasteiger partial charge in [-0.15, -0.1) is 0 Å². The third kappa shape index (κ3) is 4.21. The normalized spacial score (nSPS) is 22.3. The lowest BCUT2D eigenvalue weighted by Gasteiger charge is -2.28. The zero-order chi connectivity index (χ0) is 14.4. The smallest absolute Gasteiger partial charge is 0.238 e. The molecule has 2 atom stereocenters. The number of methoxy groups -OCH3 is 1. The number of nitrogens with one attached hydrogen (secondary N) is 3. The fraction of sp³-hybridized carbons (Fsp3) is 0.533. The molecule has 5 nitrogen and oxygen atoms in total. The van der Waals surface area contributed by atoms with Crippen molar-refractivity contribution in [1.82, 2.24) is 16.0 Å². The van der Waals surface area contributed by atoms with E-state index in [1.165, 1.54) is 0 Å². The topological polar surface area (TPSA) is 62.4 Å². The second-order valence-electron chi connectivity index (χ2n) is 5.16. The lowest BCUT2D eigenvalue weighted by molar-refractivity contribution is -0.123. The van der Waals surface area contributed by atoms with E-state index in [0.29, 0.717) is 19.1 Å². The average Bonchev–Trinajstić information content (AvgIpc) is 2.48. The van der Waals surface area contributed by atoms with Gasteiger partial charge < -0.3 is 20.7 Å². The molecule has 1 fully saturated rings. The van der Waals surface area contributed by atoms with E-state index in [1.807, 2.05) is 24.3 Å². The van der Waals surface area contributed by atoms with E-state index < -0.39 is 0 Å². The Labute approximate surface area is 120 Å². The molecule has 2 rings (SSSR count). The van der Waals surface area contributed by atoms with Crippen molar-refractivity contribution in [2.24, 2.45) is 0 Å². The predicted molar refractivity (Wildman–Crippen MR) is 79.0 cm³/mol. The number of hydrogen-bond acceptors (Lipinski definition) is 4. The molecule has 0 radical (unpaired) electrons. The Kier molecular flexibility index (Phi) is 5.38. The number of rotatable bonds is 5. The molecule has 110 valence electrons. The van der Waals surface area contributed by atoms with Gasteiger partial charge in [0.2, 0.25) is 5.91 Å². The van der Waals surface area contributed by atoms with Crippen LogP contribution in [-0.4, -0.2) is 44.7 Å². The van der Waals surface area contributed by atoms with E-state index >= 15 is 0 Å². The van der Waals surface area contributed by atoms with E-state index in [4.69, 9.17) is 4.74 Å². The molecule has 1 amide bonds. The molecule has 0 saturated carbocycles. The van der Waals surface area contributed by atoms with Gasteiger partial charge in [0, 0.05) is 25.7 Å². The summed E-state index contributed by atoms with van der Waals surface area (Å²) in [6, 6.07) is 8.21. The molecular formula is C15H23N3O2. The number of hydrogen-bond donors (Lipinski definition) is 3. The zero-order valence-electron chi connectivity index (χ0n) is 12.1. The first kappa shape index (κ1) is 14.8. The highest BCUT2D eigenvalue weighted by molar-refractivity contribution is 5.82. The van der Waals surface area contributed by atoms with Gasteiger partial charge in [-0.05, 0) is 31.0 Å². The summed E-state index contributed by atoms with van der Waals surface area (Å²) >= 11 is 0. The van der Waals surface area contributed by atoms with E-state index in [0.717, 1.165) is 24.3 Å². The number of benzene rings is 1. The molecule has 3 N–H and O–H groups in total. The van der Waals surface area contributed by atoms with Crippen molar-refractivity contribution in [2.75, 3.05) is 26.7 Å². The molecule has 0 aromatic heterocycles. The molecule has 0 bridgehead atoms. The van der Waals surface area contributed by atoms with Gasteiger partial charge in [-0.3, -0.25) is 4.79 Å². The summed E-state index contributed by atoms with van der Waals surface area (Å²) in [5, 5.41) is 9.51. The van der Waals surface area contributed by atoms with Gasteiger partial charge in [-0.25, -0.2) is 0 Å². The predicted octanol–water partition coefficient (Wildman–Crippen LogP) is 0.304. The molecule has 20 heavy (non-hydrogen) atoms. The van der Waals surface area contributed by atoms with Gasteiger partial charge in [-0.2, -0.15) is 0 Å². The molecule has 1 saturated heterocycles. The van der Waals surface area contributed by atoms with Crippen LogP contribution in [0, 0.1) is 0 Å². The molecule has 1 aliphatic rings. The quantitative estimate of drug-likeness (QED) is 0.724. The number of carbonyl (C=O) groups excluding carboxylic acids is 1. The van der Waals surface area contributed by atoms with Crippen LogP contribution in [0.15, 0.2) is 24.3 Å². The largest absolute Gasteiger partial charge is 0.497 e. The maximum Gasteiger partial charge on any atom is 0.238 e. The van der Waals surface area contributed by atoms with Crippen LogP contribution < -0.4 is 20.7 Å². The third-order valence-corrected chi connectivity index (χ3v) is 3.50. The van der Waals surface area contributed by atoms with Crippen molar-refractivity contribution >= 4 is 5.91 Å². The lowest BCUT2D eigenvalue weighted by Crippen LogP contribution is -2.59. The van der Waals surface area contributed by atoms with Crippen LogP contribution >= 0.6 is 0 Å². The SMILES string of the molecule is COc1cccc(CCNC(=O)C2CNC(C)CN2)c1. The van der Waals surface area contributed by atoms with Crippen LogP contribution in [-0.2, 0) is 11.2 Å². The second kappa shape index (κ2) is 7.26. The Morgan fingerprint density at radius 3 is 2.95 bits per heavy atom. The van der Waals surface area contributed by atoms with E-state index in [9.17, 15) is 4.79 Å². The Balaban J connectivity index is 1.73. The molecule has 1 aromatic rings. The van der Waals surface area contributed by atoms with Crippen molar-refractivity contribution in [3.05, 3.63) is 29.8 Å². The van der Waals surface area contributed by atoms with Crippen LogP contribution in [0.5, 0.6) is 5.75 Å². The summed E-state index contributed by atoms with van der Waals surface area (Å²) in [6.45, 7) is 4.25. The minimum absolute atomic E-state index is 0.0623.